The van der Waals surface area contributed by atoms with E-state index in [4.69, 9.17) is 0 Å². The Morgan fingerprint density at radius 1 is 1.75 bits per heavy atom. The van der Waals surface area contributed by atoms with Crippen LogP contribution >= 0.6 is 32.3 Å². The van der Waals surface area contributed by atoms with Gasteiger partial charge in [-0.25, -0.2) is 0 Å². The maximum Gasteiger partial charge on any atom is -0.00710 e. The van der Waals surface area contributed by atoms with E-state index in [1.807, 2.05) is 6.26 Å². The van der Waals surface area contributed by atoms with Crippen LogP contribution in [0.25, 0.3) is 0 Å². The Labute approximate surface area is 38.9 Å². The van der Waals surface area contributed by atoms with Crippen LogP contribution in [0.15, 0.2) is 0 Å². The summed E-state index contributed by atoms with van der Waals surface area (Å²) in [5.41, 5.74) is 0. The summed E-state index contributed by atoms with van der Waals surface area (Å²) in [4.78, 5) is 0. The normalized spacial score (nSPS) is 7.50. The Morgan fingerprint density at radius 2 is 2.00 bits per heavy atom. The Hall–Kier alpha value is 1.05. The summed E-state index contributed by atoms with van der Waals surface area (Å²) in [6.07, 6.45) is 1.98. The molecule has 0 spiro atoms. The topological polar surface area (TPSA) is 0 Å². The molecule has 26 valence electrons. The van der Waals surface area contributed by atoms with Gasteiger partial charge in [0.2, 0.25) is 0 Å². The number of thiol groups is 1. The van der Waals surface area contributed by atoms with Crippen molar-refractivity contribution in [2.45, 2.75) is 0 Å². The van der Waals surface area contributed by atoms with E-state index in [0.717, 1.165) is 0 Å². The fourth-order valence-corrected chi connectivity index (χ4v) is 0. The second-order valence-corrected chi connectivity index (χ2v) is 3.51. The van der Waals surface area contributed by atoms with Crippen LogP contribution in [0.3, 0.4) is 0 Å². The fourth-order valence-electron chi connectivity index (χ4n) is 0. The smallest absolute Gasteiger partial charge is 0.00710 e. The third kappa shape index (κ3) is 3.05. The molecule has 0 aliphatic carbocycles. The molecule has 0 aliphatic heterocycles. The number of rotatable bonds is 1. The van der Waals surface area contributed by atoms with Crippen molar-refractivity contribution in [1.82, 2.24) is 0 Å². The quantitative estimate of drug-likeness (QED) is 0.406. The number of hydrogen-bond acceptors (Lipinski definition) is 3. The zero-order valence-electron chi connectivity index (χ0n) is 2.26. The Bertz CT molecular complexity index is 5.25. The van der Waals surface area contributed by atoms with Gasteiger partial charge >= 0.3 is 0 Å². The highest BCUT2D eigenvalue weighted by atomic mass is 33.5. The van der Waals surface area contributed by atoms with Gasteiger partial charge in [-0.15, -0.1) is 0 Å². The first-order valence-electron chi connectivity index (χ1n) is 0.757. The number of hydrogen-bond donors (Lipinski definition) is 1. The first-order chi connectivity index (χ1) is 1.91. The van der Waals surface area contributed by atoms with Crippen molar-refractivity contribution in [2.24, 2.45) is 0 Å². The monoisotopic (exact) mass is 112 g/mol. The van der Waals surface area contributed by atoms with Crippen molar-refractivity contribution in [1.29, 1.82) is 0 Å². The largest absolute Gasteiger partial charge is 0.0997 e. The van der Waals surface area contributed by atoms with Gasteiger partial charge in [0.05, 0.1) is 0 Å². The first kappa shape index (κ1) is 5.05. The molecular weight excluding hydrogens is 108 g/mol. The maximum absolute atomic E-state index is 3.80. The van der Waals surface area contributed by atoms with Gasteiger partial charge in [-0.2, -0.15) is 0 Å². The van der Waals surface area contributed by atoms with Crippen molar-refractivity contribution < 1.29 is 0 Å². The SMILES string of the molecule is CSSS. The lowest BCUT2D eigenvalue weighted by Gasteiger charge is -1.67. The third-order valence-corrected chi connectivity index (χ3v) is 2.01. The summed E-state index contributed by atoms with van der Waals surface area (Å²) in [5, 5.41) is 0. The summed E-state index contributed by atoms with van der Waals surface area (Å²) in [5.74, 6) is 0. The minimum atomic E-state index is 1.47. The lowest BCUT2D eigenvalue weighted by molar-refractivity contribution is 2.55. The third-order valence-electron chi connectivity index (χ3n) is 0.0745. The summed E-state index contributed by atoms with van der Waals surface area (Å²) < 4.78 is 0. The summed E-state index contributed by atoms with van der Waals surface area (Å²) >= 11 is 3.80. The van der Waals surface area contributed by atoms with E-state index in [9.17, 15) is 0 Å². The van der Waals surface area contributed by atoms with Crippen LogP contribution in [0.4, 0.5) is 0 Å². The van der Waals surface area contributed by atoms with E-state index in [1.54, 1.807) is 10.8 Å². The molecule has 4 heavy (non-hydrogen) atoms. The van der Waals surface area contributed by atoms with E-state index < -0.39 is 0 Å². The van der Waals surface area contributed by atoms with Crippen LogP contribution in [0, 0.1) is 0 Å². The van der Waals surface area contributed by atoms with E-state index in [0.29, 0.717) is 0 Å². The molecule has 0 fully saturated rings. The van der Waals surface area contributed by atoms with Gasteiger partial charge in [-0.1, -0.05) is 22.5 Å². The molecule has 0 N–H and O–H groups in total. The average molecular weight is 112 g/mol. The molecule has 0 amide bonds. The second kappa shape index (κ2) is 4.05. The molecule has 0 nitrogen and oxygen atoms in total. The Balaban J connectivity index is 1.97. The minimum Gasteiger partial charge on any atom is -0.0997 e. The molecule has 0 heterocycles. The van der Waals surface area contributed by atoms with Crippen LogP contribution in [0.5, 0.6) is 0 Å². The van der Waals surface area contributed by atoms with Crippen molar-refractivity contribution >= 4 is 32.3 Å². The maximum atomic E-state index is 3.80. The zero-order chi connectivity index (χ0) is 3.41. The van der Waals surface area contributed by atoms with Crippen molar-refractivity contribution in [3.63, 3.8) is 0 Å². The van der Waals surface area contributed by atoms with Crippen molar-refractivity contribution in [2.75, 3.05) is 6.26 Å². The van der Waals surface area contributed by atoms with E-state index >= 15 is 0 Å². The predicted octanol–water partition coefficient (Wildman–Crippen LogP) is 1.84. The lowest BCUT2D eigenvalue weighted by Crippen LogP contribution is -1.17. The fraction of sp³-hybridized carbons (Fsp3) is 1.00. The van der Waals surface area contributed by atoms with Gasteiger partial charge in [0.25, 0.3) is 0 Å². The molecule has 0 aliphatic rings. The highest BCUT2D eigenvalue weighted by Crippen LogP contribution is 2.19. The predicted molar refractivity (Wildman–Crippen MR) is 30.1 cm³/mol. The molecule has 0 bridgehead atoms. The van der Waals surface area contributed by atoms with Crippen LogP contribution in [0.2, 0.25) is 0 Å². The van der Waals surface area contributed by atoms with Gasteiger partial charge in [0.1, 0.15) is 0 Å². The molecule has 0 radical (unpaired) electrons. The van der Waals surface area contributed by atoms with Gasteiger partial charge in [-0.05, 0) is 16.1 Å². The van der Waals surface area contributed by atoms with Crippen LogP contribution in [0.1, 0.15) is 0 Å². The van der Waals surface area contributed by atoms with Crippen LogP contribution in [-0.2, 0) is 0 Å². The highest BCUT2D eigenvalue weighted by molar-refractivity contribution is 9.05. The van der Waals surface area contributed by atoms with Crippen LogP contribution in [-0.4, -0.2) is 6.26 Å². The van der Waals surface area contributed by atoms with Gasteiger partial charge in [0.15, 0.2) is 0 Å². The first-order valence-corrected chi connectivity index (χ1v) is 4.37. The second-order valence-electron chi connectivity index (χ2n) is 0.241. The Morgan fingerprint density at radius 3 is 2.00 bits per heavy atom. The van der Waals surface area contributed by atoms with E-state index in [1.165, 1.54) is 9.83 Å². The highest BCUT2D eigenvalue weighted by Gasteiger charge is 1.56. The molecule has 0 saturated carbocycles. The molecular formula is CH4S3. The minimum absolute atomic E-state index is 1.47. The molecule has 0 aromatic heterocycles. The summed E-state index contributed by atoms with van der Waals surface area (Å²) in [7, 11) is 3.10. The average Bonchev–Trinajstić information content (AvgIpc) is 1.37. The molecule has 0 aromatic carbocycles. The van der Waals surface area contributed by atoms with Gasteiger partial charge in [-0.3, -0.25) is 0 Å². The molecule has 0 unspecified atom stereocenters. The molecule has 3 heteroatoms. The van der Waals surface area contributed by atoms with Crippen molar-refractivity contribution in [3.8, 4) is 0 Å². The summed E-state index contributed by atoms with van der Waals surface area (Å²) in [6.45, 7) is 0. The van der Waals surface area contributed by atoms with Crippen molar-refractivity contribution in [3.05, 3.63) is 0 Å². The summed E-state index contributed by atoms with van der Waals surface area (Å²) in [6, 6.07) is 0. The van der Waals surface area contributed by atoms with Crippen LogP contribution < -0.4 is 0 Å². The van der Waals surface area contributed by atoms with E-state index in [2.05, 4.69) is 11.7 Å². The standard InChI is InChI=1S/CH4S3/c1-3-4-2/h2H,1H3. The molecule has 0 atom stereocenters. The lowest BCUT2D eigenvalue weighted by atomic mass is 12.0. The van der Waals surface area contributed by atoms with Gasteiger partial charge in [0, 0.05) is 0 Å². The molecule has 0 aromatic rings. The molecule has 0 saturated heterocycles. The Kier molecular flexibility index (Phi) is 5.11. The van der Waals surface area contributed by atoms with Gasteiger partial charge < -0.3 is 0 Å². The van der Waals surface area contributed by atoms with E-state index in [-0.39, 0.29) is 0 Å². The zero-order valence-corrected chi connectivity index (χ0v) is 4.79. The molecule has 0 rings (SSSR count).